The lowest BCUT2D eigenvalue weighted by Gasteiger charge is -2.34. The molecule has 1 unspecified atom stereocenters. The van der Waals surface area contributed by atoms with E-state index in [1.165, 1.54) is 6.07 Å². The molecule has 1 atom stereocenters. The second-order valence-corrected chi connectivity index (χ2v) is 8.23. The van der Waals surface area contributed by atoms with Crippen LogP contribution >= 0.6 is 11.6 Å². The molecule has 1 heterocycles. The van der Waals surface area contributed by atoms with Crippen molar-refractivity contribution in [1.82, 2.24) is 5.32 Å². The number of aliphatic hydroxyl groups excluding tert-OH is 1. The highest BCUT2D eigenvalue weighted by molar-refractivity contribution is 6.31. The molecule has 1 fully saturated rings. The van der Waals surface area contributed by atoms with Crippen molar-refractivity contribution in [2.45, 2.75) is 44.8 Å². The summed E-state index contributed by atoms with van der Waals surface area (Å²) in [5, 5.41) is 13.3. The van der Waals surface area contributed by atoms with Crippen LogP contribution in [0.3, 0.4) is 0 Å². The van der Waals surface area contributed by atoms with E-state index >= 15 is 0 Å². The first-order valence-corrected chi connectivity index (χ1v) is 9.35. The summed E-state index contributed by atoms with van der Waals surface area (Å²) in [6.45, 7) is 5.03. The van der Waals surface area contributed by atoms with Crippen molar-refractivity contribution >= 4 is 35.0 Å². The number of rotatable bonds is 3. The molecule has 1 amide bonds. The van der Waals surface area contributed by atoms with E-state index in [4.69, 9.17) is 21.1 Å². The van der Waals surface area contributed by atoms with Gasteiger partial charge in [0.25, 0.3) is 5.91 Å². The number of halogens is 1. The van der Waals surface area contributed by atoms with E-state index < -0.39 is 46.7 Å². The Bertz CT molecular complexity index is 877. The van der Waals surface area contributed by atoms with E-state index in [1.807, 2.05) is 0 Å². The Kier molecular flexibility index (Phi) is 5.25. The predicted molar refractivity (Wildman–Crippen MR) is 102 cm³/mol. The number of ketones is 1. The van der Waals surface area contributed by atoms with Crippen LogP contribution in [0.4, 0.5) is 0 Å². The largest absolute Gasteiger partial charge is 0.506 e. The number of benzene rings is 1. The van der Waals surface area contributed by atoms with Gasteiger partial charge in [-0.2, -0.15) is 0 Å². The number of carbonyl (C=O) groups excluding carboxylic acids is 3. The minimum atomic E-state index is -1.33. The molecular formula is C20H22ClNO6. The first-order chi connectivity index (χ1) is 13.0. The van der Waals surface area contributed by atoms with Gasteiger partial charge in [0.2, 0.25) is 5.78 Å². The van der Waals surface area contributed by atoms with Gasteiger partial charge in [0.05, 0.1) is 0 Å². The lowest BCUT2D eigenvalue weighted by atomic mass is 9.75. The van der Waals surface area contributed by atoms with Crippen LogP contribution in [-0.4, -0.2) is 41.5 Å². The van der Waals surface area contributed by atoms with E-state index in [0.29, 0.717) is 30.0 Å². The van der Waals surface area contributed by atoms with Gasteiger partial charge >= 0.3 is 5.97 Å². The smallest absolute Gasteiger partial charge is 0.325 e. The number of ether oxygens (including phenoxy) is 2. The number of nitrogens with one attached hydrogen (secondary N) is 1. The Morgan fingerprint density at radius 3 is 2.68 bits per heavy atom. The highest BCUT2D eigenvalue weighted by Crippen LogP contribution is 2.46. The summed E-state index contributed by atoms with van der Waals surface area (Å²) in [7, 11) is 0. The maximum absolute atomic E-state index is 13.2. The van der Waals surface area contributed by atoms with Crippen LogP contribution in [-0.2, 0) is 29.5 Å². The van der Waals surface area contributed by atoms with Crippen molar-refractivity contribution in [3.63, 3.8) is 0 Å². The van der Waals surface area contributed by atoms with Gasteiger partial charge in [-0.15, -0.1) is 0 Å². The normalized spacial score (nSPS) is 21.6. The number of carbonyl (C=O) groups is 3. The van der Waals surface area contributed by atoms with Crippen LogP contribution in [0.5, 0.6) is 0 Å². The lowest BCUT2D eigenvalue weighted by molar-refractivity contribution is -0.154. The summed E-state index contributed by atoms with van der Waals surface area (Å²) in [6.07, 6.45) is 1.03. The lowest BCUT2D eigenvalue weighted by Crippen LogP contribution is -2.45. The van der Waals surface area contributed by atoms with Crippen molar-refractivity contribution in [2.75, 3.05) is 13.2 Å². The second kappa shape index (κ2) is 7.22. The van der Waals surface area contributed by atoms with Gasteiger partial charge in [0.15, 0.2) is 5.60 Å². The zero-order valence-electron chi connectivity index (χ0n) is 15.9. The molecule has 1 aliphatic carbocycles. The average Bonchev–Trinajstić information content (AvgIpc) is 3.08. The van der Waals surface area contributed by atoms with Crippen LogP contribution in [0.1, 0.15) is 44.7 Å². The number of aliphatic hydroxyl groups is 1. The molecule has 0 bridgehead atoms. The molecule has 1 aromatic rings. The molecule has 150 valence electrons. The maximum Gasteiger partial charge on any atom is 0.325 e. The quantitative estimate of drug-likeness (QED) is 0.590. The number of hydrogen-bond acceptors (Lipinski definition) is 6. The fourth-order valence-corrected chi connectivity index (χ4v) is 3.66. The van der Waals surface area contributed by atoms with Crippen LogP contribution in [0, 0.1) is 0 Å². The summed E-state index contributed by atoms with van der Waals surface area (Å²) in [6, 6.07) is 4.73. The van der Waals surface area contributed by atoms with Crippen LogP contribution in [0.25, 0.3) is 5.76 Å². The fraction of sp³-hybridized carbons (Fsp3) is 0.450. The standard InChI is InChI=1S/C20H22ClNO6/c1-19(2,3)28-14(23)10-22-18(26)15-16(24)12-9-11(21)5-6-13(12)20(17(15)25)7-4-8-27-20/h5-6,9,24H,4,7-8,10H2,1-3H3,(H,22,26). The SMILES string of the molecule is CC(C)(C)OC(=O)CNC(=O)C1=C(O)c2cc(Cl)ccc2C2(CCCO2)C1=O. The highest BCUT2D eigenvalue weighted by atomic mass is 35.5. The minimum absolute atomic E-state index is 0.274. The molecule has 1 aromatic carbocycles. The second-order valence-electron chi connectivity index (χ2n) is 7.79. The average molecular weight is 408 g/mol. The molecule has 0 radical (unpaired) electrons. The molecule has 3 rings (SSSR count). The molecule has 0 saturated carbocycles. The molecular weight excluding hydrogens is 386 g/mol. The van der Waals surface area contributed by atoms with Gasteiger partial charge in [-0.3, -0.25) is 14.4 Å². The maximum atomic E-state index is 13.2. The van der Waals surface area contributed by atoms with E-state index in [9.17, 15) is 19.5 Å². The Labute approximate surface area is 167 Å². The monoisotopic (exact) mass is 407 g/mol. The molecule has 28 heavy (non-hydrogen) atoms. The third kappa shape index (κ3) is 3.64. The summed E-state index contributed by atoms with van der Waals surface area (Å²) in [5.41, 5.74) is -1.72. The number of Topliss-reactive ketones (excluding diaryl/α,β-unsaturated/α-hetero) is 1. The summed E-state index contributed by atoms with van der Waals surface area (Å²) >= 11 is 6.04. The van der Waals surface area contributed by atoms with Gasteiger partial charge < -0.3 is 19.9 Å². The molecule has 2 aliphatic rings. The first kappa shape index (κ1) is 20.4. The number of hydrogen-bond donors (Lipinski definition) is 2. The third-order valence-corrected chi connectivity index (χ3v) is 4.80. The Hall–Kier alpha value is -2.38. The number of esters is 1. The highest BCUT2D eigenvalue weighted by Gasteiger charge is 2.52. The third-order valence-electron chi connectivity index (χ3n) is 4.56. The fourth-order valence-electron chi connectivity index (χ4n) is 3.49. The molecule has 0 aromatic heterocycles. The Balaban J connectivity index is 1.93. The number of amides is 1. The van der Waals surface area contributed by atoms with Gasteiger partial charge in [0, 0.05) is 22.8 Å². The van der Waals surface area contributed by atoms with E-state index in [2.05, 4.69) is 5.32 Å². The van der Waals surface area contributed by atoms with Crippen molar-refractivity contribution in [1.29, 1.82) is 0 Å². The molecule has 2 N–H and O–H groups in total. The Morgan fingerprint density at radius 2 is 2.07 bits per heavy atom. The van der Waals surface area contributed by atoms with E-state index in [1.54, 1.807) is 32.9 Å². The molecule has 8 heteroatoms. The minimum Gasteiger partial charge on any atom is -0.506 e. The zero-order chi connectivity index (χ0) is 20.7. The topological polar surface area (TPSA) is 102 Å². The molecule has 1 aliphatic heterocycles. The first-order valence-electron chi connectivity index (χ1n) is 8.97. The van der Waals surface area contributed by atoms with Crippen LogP contribution < -0.4 is 5.32 Å². The van der Waals surface area contributed by atoms with Crippen molar-refractivity contribution in [2.24, 2.45) is 0 Å². The van der Waals surface area contributed by atoms with Crippen molar-refractivity contribution < 1.29 is 29.0 Å². The van der Waals surface area contributed by atoms with Gasteiger partial charge in [0.1, 0.15) is 23.5 Å². The Morgan fingerprint density at radius 1 is 1.36 bits per heavy atom. The zero-order valence-corrected chi connectivity index (χ0v) is 16.7. The summed E-state index contributed by atoms with van der Waals surface area (Å²) < 4.78 is 10.9. The van der Waals surface area contributed by atoms with Gasteiger partial charge in [-0.05, 0) is 45.7 Å². The summed E-state index contributed by atoms with van der Waals surface area (Å²) in [4.78, 5) is 37.7. The summed E-state index contributed by atoms with van der Waals surface area (Å²) in [5.74, 6) is -2.63. The number of fused-ring (bicyclic) bond motifs is 2. The molecule has 1 spiro atoms. The van der Waals surface area contributed by atoms with E-state index in [0.717, 1.165) is 0 Å². The molecule has 1 saturated heterocycles. The van der Waals surface area contributed by atoms with Gasteiger partial charge in [-0.25, -0.2) is 0 Å². The predicted octanol–water partition coefficient (Wildman–Crippen LogP) is 2.66. The van der Waals surface area contributed by atoms with Crippen molar-refractivity contribution in [3.8, 4) is 0 Å². The van der Waals surface area contributed by atoms with Gasteiger partial charge in [-0.1, -0.05) is 17.7 Å². The van der Waals surface area contributed by atoms with Crippen LogP contribution in [0.15, 0.2) is 23.8 Å². The van der Waals surface area contributed by atoms with E-state index in [-0.39, 0.29) is 5.56 Å². The van der Waals surface area contributed by atoms with Crippen molar-refractivity contribution in [3.05, 3.63) is 39.9 Å². The molecule has 7 nitrogen and oxygen atoms in total. The van der Waals surface area contributed by atoms with Crippen LogP contribution in [0.2, 0.25) is 5.02 Å².